The summed E-state index contributed by atoms with van der Waals surface area (Å²) in [5.41, 5.74) is 2.34. The van der Waals surface area contributed by atoms with E-state index in [1.54, 1.807) is 11.6 Å². The molecule has 0 spiro atoms. The first-order valence-electron chi connectivity index (χ1n) is 6.52. The van der Waals surface area contributed by atoms with E-state index >= 15 is 0 Å². The van der Waals surface area contributed by atoms with E-state index in [0.717, 1.165) is 25.7 Å². The Bertz CT molecular complexity index is 661. The number of nitrogens with zero attached hydrogens (tertiary/aromatic N) is 2. The first-order valence-corrected chi connectivity index (χ1v) is 8.88. The lowest BCUT2D eigenvalue weighted by Crippen LogP contribution is -2.27. The first-order chi connectivity index (χ1) is 9.60. The molecule has 0 unspecified atom stereocenters. The molecule has 0 saturated carbocycles. The molecule has 2 aromatic heterocycles. The number of anilines is 1. The lowest BCUT2D eigenvalue weighted by Gasteiger charge is -2.07. The average Bonchev–Trinajstić information content (AvgIpc) is 2.97. The molecule has 0 atom stereocenters. The number of hydrogen-bond acceptors (Lipinski definition) is 6. The number of fused-ring (bicyclic) bond motifs is 1. The van der Waals surface area contributed by atoms with Gasteiger partial charge >= 0.3 is 0 Å². The Kier molecular flexibility index (Phi) is 4.97. The largest absolute Gasteiger partial charge is 0.306 e. The summed E-state index contributed by atoms with van der Waals surface area (Å²) in [6, 6.07) is 0. The lowest BCUT2D eigenvalue weighted by atomic mass is 10.2. The summed E-state index contributed by atoms with van der Waals surface area (Å²) in [5.74, 6) is 5.52. The zero-order chi connectivity index (χ0) is 14.6. The van der Waals surface area contributed by atoms with Gasteiger partial charge in [-0.3, -0.25) is 4.40 Å². The van der Waals surface area contributed by atoms with Crippen LogP contribution in [0.25, 0.3) is 4.96 Å². The predicted molar refractivity (Wildman–Crippen MR) is 80.2 cm³/mol. The van der Waals surface area contributed by atoms with Gasteiger partial charge in [-0.25, -0.2) is 19.0 Å². The molecule has 0 aromatic carbocycles. The SMILES string of the molecule is CCCCCCNS(=O)(=O)c1c(NN)nc2sccn12. The van der Waals surface area contributed by atoms with Crippen LogP contribution in [0.5, 0.6) is 0 Å². The van der Waals surface area contributed by atoms with Crippen molar-refractivity contribution in [3.05, 3.63) is 11.6 Å². The molecule has 9 heteroatoms. The van der Waals surface area contributed by atoms with Crippen molar-refractivity contribution >= 4 is 32.1 Å². The van der Waals surface area contributed by atoms with Gasteiger partial charge in [0.1, 0.15) is 0 Å². The highest BCUT2D eigenvalue weighted by Crippen LogP contribution is 2.24. The fourth-order valence-electron chi connectivity index (χ4n) is 1.94. The number of rotatable bonds is 8. The van der Waals surface area contributed by atoms with Crippen LogP contribution in [-0.2, 0) is 10.0 Å². The van der Waals surface area contributed by atoms with Gasteiger partial charge in [-0.1, -0.05) is 26.2 Å². The minimum atomic E-state index is -3.63. The van der Waals surface area contributed by atoms with Crippen LogP contribution < -0.4 is 16.0 Å². The molecular formula is C11H19N5O2S2. The van der Waals surface area contributed by atoms with Gasteiger partial charge in [0.05, 0.1) is 0 Å². The number of aromatic nitrogens is 2. The van der Waals surface area contributed by atoms with Gasteiger partial charge in [0.25, 0.3) is 10.0 Å². The van der Waals surface area contributed by atoms with E-state index in [-0.39, 0.29) is 10.8 Å². The molecule has 7 nitrogen and oxygen atoms in total. The normalized spacial score (nSPS) is 12.1. The summed E-state index contributed by atoms with van der Waals surface area (Å²) in [7, 11) is -3.63. The highest BCUT2D eigenvalue weighted by Gasteiger charge is 2.25. The standard InChI is InChI=1S/C11H19N5O2S2/c1-2-3-4-5-6-13-20(17,18)10-9(15-12)14-11-16(10)7-8-19-11/h7-8,13,15H,2-6,12H2,1H3. The van der Waals surface area contributed by atoms with Crippen molar-refractivity contribution in [2.45, 2.75) is 37.6 Å². The maximum atomic E-state index is 12.4. The number of unbranched alkanes of at least 4 members (excludes halogenated alkanes) is 3. The van der Waals surface area contributed by atoms with Gasteiger partial charge in [0.15, 0.2) is 10.8 Å². The number of nitrogen functional groups attached to an aromatic ring is 1. The van der Waals surface area contributed by atoms with Crippen molar-refractivity contribution in [1.82, 2.24) is 14.1 Å². The summed E-state index contributed by atoms with van der Waals surface area (Å²) >= 11 is 1.35. The molecule has 20 heavy (non-hydrogen) atoms. The van der Waals surface area contributed by atoms with E-state index in [9.17, 15) is 8.42 Å². The van der Waals surface area contributed by atoms with E-state index in [0.29, 0.717) is 11.5 Å². The van der Waals surface area contributed by atoms with E-state index in [2.05, 4.69) is 22.1 Å². The second-order valence-corrected chi connectivity index (χ2v) is 6.98. The number of sulfonamides is 1. The topological polar surface area (TPSA) is 102 Å². The Morgan fingerprint density at radius 2 is 2.20 bits per heavy atom. The number of hydrazine groups is 1. The third kappa shape index (κ3) is 3.11. The minimum absolute atomic E-state index is 0.0618. The number of imidazole rings is 1. The zero-order valence-corrected chi connectivity index (χ0v) is 12.9. The van der Waals surface area contributed by atoms with E-state index in [1.807, 2.05) is 0 Å². The Morgan fingerprint density at radius 1 is 1.40 bits per heavy atom. The third-order valence-electron chi connectivity index (χ3n) is 2.93. The molecular weight excluding hydrogens is 298 g/mol. The maximum Gasteiger partial charge on any atom is 0.260 e. The molecule has 0 aliphatic carbocycles. The summed E-state index contributed by atoms with van der Waals surface area (Å²) in [6.45, 7) is 2.53. The highest BCUT2D eigenvalue weighted by atomic mass is 32.2. The van der Waals surface area contributed by atoms with Crippen molar-refractivity contribution in [3.8, 4) is 0 Å². The van der Waals surface area contributed by atoms with Crippen molar-refractivity contribution in [2.24, 2.45) is 5.84 Å². The van der Waals surface area contributed by atoms with Gasteiger partial charge in [0.2, 0.25) is 5.03 Å². The minimum Gasteiger partial charge on any atom is -0.306 e. The summed E-state index contributed by atoms with van der Waals surface area (Å²) in [5, 5.41) is 1.84. The van der Waals surface area contributed by atoms with Crippen LogP contribution in [0.15, 0.2) is 16.6 Å². The van der Waals surface area contributed by atoms with Crippen LogP contribution in [0.1, 0.15) is 32.6 Å². The van der Waals surface area contributed by atoms with Gasteiger partial charge in [0, 0.05) is 18.1 Å². The second-order valence-electron chi connectivity index (χ2n) is 4.42. The van der Waals surface area contributed by atoms with Crippen LogP contribution >= 0.6 is 11.3 Å². The lowest BCUT2D eigenvalue weighted by molar-refractivity contribution is 0.569. The smallest absolute Gasteiger partial charge is 0.260 e. The number of thiazole rings is 1. The van der Waals surface area contributed by atoms with Gasteiger partial charge in [-0.2, -0.15) is 4.98 Å². The summed E-state index contributed by atoms with van der Waals surface area (Å²) in [6.07, 6.45) is 5.73. The zero-order valence-electron chi connectivity index (χ0n) is 11.3. The van der Waals surface area contributed by atoms with Crippen LogP contribution in [0.4, 0.5) is 5.82 Å². The molecule has 4 N–H and O–H groups in total. The van der Waals surface area contributed by atoms with Gasteiger partial charge in [-0.15, -0.1) is 11.3 Å². The molecule has 0 amide bonds. The molecule has 112 valence electrons. The van der Waals surface area contributed by atoms with Gasteiger partial charge in [-0.05, 0) is 6.42 Å². The molecule has 2 aromatic rings. The monoisotopic (exact) mass is 317 g/mol. The summed E-state index contributed by atoms with van der Waals surface area (Å²) in [4.78, 5) is 4.73. The third-order valence-corrected chi connectivity index (χ3v) is 5.17. The number of nitrogens with one attached hydrogen (secondary N) is 2. The molecule has 0 bridgehead atoms. The van der Waals surface area contributed by atoms with Crippen molar-refractivity contribution in [3.63, 3.8) is 0 Å². The van der Waals surface area contributed by atoms with Crippen molar-refractivity contribution in [2.75, 3.05) is 12.0 Å². The van der Waals surface area contributed by atoms with E-state index in [4.69, 9.17) is 5.84 Å². The van der Waals surface area contributed by atoms with Crippen molar-refractivity contribution < 1.29 is 8.42 Å². The molecule has 2 heterocycles. The fourth-order valence-corrected chi connectivity index (χ4v) is 4.03. The summed E-state index contributed by atoms with van der Waals surface area (Å²) < 4.78 is 28.8. The van der Waals surface area contributed by atoms with Gasteiger partial charge < -0.3 is 5.43 Å². The number of nitrogens with two attached hydrogens (primary N) is 1. The van der Waals surface area contributed by atoms with Crippen LogP contribution in [0.2, 0.25) is 0 Å². The van der Waals surface area contributed by atoms with E-state index < -0.39 is 10.0 Å². The Hall–Kier alpha value is -1.16. The predicted octanol–water partition coefficient (Wildman–Crippen LogP) is 1.54. The van der Waals surface area contributed by atoms with Crippen LogP contribution in [0, 0.1) is 0 Å². The molecule has 0 saturated heterocycles. The Morgan fingerprint density at radius 3 is 2.90 bits per heavy atom. The van der Waals surface area contributed by atoms with Crippen LogP contribution in [-0.4, -0.2) is 24.3 Å². The Balaban J connectivity index is 2.16. The highest BCUT2D eigenvalue weighted by molar-refractivity contribution is 7.89. The number of hydrogen-bond donors (Lipinski definition) is 3. The maximum absolute atomic E-state index is 12.4. The first kappa shape index (κ1) is 15.2. The van der Waals surface area contributed by atoms with E-state index in [1.165, 1.54) is 15.7 Å². The quantitative estimate of drug-likeness (QED) is 0.389. The molecule has 0 fully saturated rings. The second kappa shape index (κ2) is 6.53. The Labute approximate surface area is 122 Å². The molecule has 0 aliphatic rings. The van der Waals surface area contributed by atoms with Crippen LogP contribution in [0.3, 0.4) is 0 Å². The molecule has 2 rings (SSSR count). The average molecular weight is 317 g/mol. The van der Waals surface area contributed by atoms with Crippen molar-refractivity contribution in [1.29, 1.82) is 0 Å². The fraction of sp³-hybridized carbons (Fsp3) is 0.545. The molecule has 0 radical (unpaired) electrons. The molecule has 0 aliphatic heterocycles.